The lowest BCUT2D eigenvalue weighted by molar-refractivity contribution is 0.239. The largest absolute Gasteiger partial charge is 0.328 e. The molecule has 1 aliphatic rings. The highest BCUT2D eigenvalue weighted by molar-refractivity contribution is 7.89. The summed E-state index contributed by atoms with van der Waals surface area (Å²) in [6, 6.07) is 17.2. The van der Waals surface area contributed by atoms with Gasteiger partial charge in [0.15, 0.2) is 0 Å². The maximum atomic E-state index is 13.8. The molecule has 3 aromatic rings. The van der Waals surface area contributed by atoms with Crippen molar-refractivity contribution in [1.29, 1.82) is 0 Å². The van der Waals surface area contributed by atoms with Gasteiger partial charge >= 0.3 is 0 Å². The van der Waals surface area contributed by atoms with Gasteiger partial charge in [0.2, 0.25) is 10.0 Å². The lowest BCUT2D eigenvalue weighted by Crippen LogP contribution is -2.46. The smallest absolute Gasteiger partial charge is 0.243 e. The van der Waals surface area contributed by atoms with Crippen LogP contribution in [0, 0.1) is 0 Å². The number of rotatable bonds is 6. The predicted molar refractivity (Wildman–Crippen MR) is 116 cm³/mol. The van der Waals surface area contributed by atoms with Crippen LogP contribution in [0.3, 0.4) is 0 Å². The number of pyridine rings is 1. The summed E-state index contributed by atoms with van der Waals surface area (Å²) in [5, 5.41) is 1.55. The van der Waals surface area contributed by atoms with E-state index in [-0.39, 0.29) is 12.1 Å². The second-order valence-electron chi connectivity index (χ2n) is 7.78. The monoisotopic (exact) mass is 409 g/mol. The van der Waals surface area contributed by atoms with Crippen LogP contribution in [0.25, 0.3) is 10.8 Å². The molecule has 5 nitrogen and oxygen atoms in total. The Morgan fingerprint density at radius 3 is 2.66 bits per heavy atom. The summed E-state index contributed by atoms with van der Waals surface area (Å²) < 4.78 is 29.4. The predicted octanol–water partition coefficient (Wildman–Crippen LogP) is 3.74. The summed E-state index contributed by atoms with van der Waals surface area (Å²) in [7, 11) is -3.67. The van der Waals surface area contributed by atoms with E-state index >= 15 is 0 Å². The Kier molecular flexibility index (Phi) is 5.94. The van der Waals surface area contributed by atoms with Gasteiger partial charge < -0.3 is 5.73 Å². The lowest BCUT2D eigenvalue weighted by atomic mass is 9.91. The molecule has 1 aromatic heterocycles. The van der Waals surface area contributed by atoms with Gasteiger partial charge in [-0.3, -0.25) is 4.98 Å². The van der Waals surface area contributed by atoms with E-state index < -0.39 is 10.0 Å². The van der Waals surface area contributed by atoms with E-state index in [1.165, 1.54) is 0 Å². The number of nitrogens with two attached hydrogens (primary N) is 1. The quantitative estimate of drug-likeness (QED) is 0.673. The molecule has 2 unspecified atom stereocenters. The molecule has 6 heteroatoms. The lowest BCUT2D eigenvalue weighted by Gasteiger charge is -2.36. The molecule has 2 aromatic carbocycles. The van der Waals surface area contributed by atoms with Gasteiger partial charge in [0.1, 0.15) is 0 Å². The van der Waals surface area contributed by atoms with E-state index in [0.29, 0.717) is 29.7 Å². The van der Waals surface area contributed by atoms with Crippen molar-refractivity contribution in [1.82, 2.24) is 9.29 Å². The first-order valence-corrected chi connectivity index (χ1v) is 11.6. The number of hydrogen-bond acceptors (Lipinski definition) is 4. The van der Waals surface area contributed by atoms with Gasteiger partial charge in [-0.1, -0.05) is 48.9 Å². The summed E-state index contributed by atoms with van der Waals surface area (Å²) >= 11 is 0. The average Bonchev–Trinajstić information content (AvgIpc) is 2.74. The van der Waals surface area contributed by atoms with Crippen molar-refractivity contribution < 1.29 is 8.42 Å². The first kappa shape index (κ1) is 20.0. The van der Waals surface area contributed by atoms with Crippen LogP contribution >= 0.6 is 0 Å². The minimum Gasteiger partial charge on any atom is -0.328 e. The van der Waals surface area contributed by atoms with E-state index in [4.69, 9.17) is 5.73 Å². The van der Waals surface area contributed by atoms with Crippen molar-refractivity contribution >= 4 is 20.8 Å². The van der Waals surface area contributed by atoms with E-state index in [9.17, 15) is 8.42 Å². The summed E-state index contributed by atoms with van der Waals surface area (Å²) in [5.74, 6) is 0. The van der Waals surface area contributed by atoms with Gasteiger partial charge in [-0.05, 0) is 43.4 Å². The van der Waals surface area contributed by atoms with E-state index in [2.05, 4.69) is 4.98 Å². The second-order valence-corrected chi connectivity index (χ2v) is 9.64. The highest BCUT2D eigenvalue weighted by Crippen LogP contribution is 2.31. The van der Waals surface area contributed by atoms with Gasteiger partial charge in [0.25, 0.3) is 0 Å². The van der Waals surface area contributed by atoms with Crippen molar-refractivity contribution in [2.75, 3.05) is 6.54 Å². The Bertz CT molecular complexity index is 1060. The van der Waals surface area contributed by atoms with Gasteiger partial charge in [0.05, 0.1) is 4.90 Å². The van der Waals surface area contributed by atoms with Crippen LogP contribution in [0.2, 0.25) is 0 Å². The molecule has 1 heterocycles. The van der Waals surface area contributed by atoms with E-state index in [1.54, 1.807) is 34.9 Å². The normalized spacial score (nSPS) is 20.2. The molecule has 2 N–H and O–H groups in total. The Labute approximate surface area is 172 Å². The highest BCUT2D eigenvalue weighted by atomic mass is 32.2. The molecule has 0 radical (unpaired) electrons. The van der Waals surface area contributed by atoms with Crippen molar-refractivity contribution in [3.63, 3.8) is 0 Å². The Morgan fingerprint density at radius 1 is 1.03 bits per heavy atom. The van der Waals surface area contributed by atoms with Crippen LogP contribution < -0.4 is 5.73 Å². The van der Waals surface area contributed by atoms with Crippen LogP contribution in [-0.2, 0) is 16.4 Å². The average molecular weight is 410 g/mol. The van der Waals surface area contributed by atoms with Gasteiger partial charge in [-0.25, -0.2) is 8.42 Å². The van der Waals surface area contributed by atoms with Gasteiger partial charge in [0, 0.05) is 41.8 Å². The number of sulfonamides is 1. The molecule has 0 aliphatic heterocycles. The summed E-state index contributed by atoms with van der Waals surface area (Å²) in [6.07, 6.45) is 7.52. The van der Waals surface area contributed by atoms with E-state index in [1.807, 2.05) is 36.4 Å². The molecular formula is C23H27N3O2S. The summed E-state index contributed by atoms with van der Waals surface area (Å²) in [6.45, 7) is 0.450. The van der Waals surface area contributed by atoms with Crippen LogP contribution in [-0.4, -0.2) is 36.3 Å². The number of fused-ring (bicyclic) bond motifs is 1. The fraction of sp³-hybridized carbons (Fsp3) is 0.348. The van der Waals surface area contributed by atoms with Crippen molar-refractivity contribution in [2.45, 2.75) is 49.1 Å². The first-order valence-electron chi connectivity index (χ1n) is 10.2. The maximum Gasteiger partial charge on any atom is 0.243 e. The summed E-state index contributed by atoms with van der Waals surface area (Å²) in [5.41, 5.74) is 7.35. The van der Waals surface area contributed by atoms with Crippen molar-refractivity contribution in [2.24, 2.45) is 5.73 Å². The van der Waals surface area contributed by atoms with E-state index in [0.717, 1.165) is 30.2 Å². The Morgan fingerprint density at radius 2 is 1.86 bits per heavy atom. The minimum absolute atomic E-state index is 0.0555. The molecule has 0 bridgehead atoms. The SMILES string of the molecule is NC1CCCC(N(CCc2ccccc2)S(=O)(=O)c2cccc3cnccc23)C1. The van der Waals surface area contributed by atoms with Crippen LogP contribution in [0.4, 0.5) is 0 Å². The number of aromatic nitrogens is 1. The number of benzene rings is 2. The number of nitrogens with zero attached hydrogens (tertiary/aromatic N) is 2. The molecule has 0 spiro atoms. The topological polar surface area (TPSA) is 76.3 Å². The molecule has 29 heavy (non-hydrogen) atoms. The molecule has 4 rings (SSSR count). The zero-order valence-corrected chi connectivity index (χ0v) is 17.3. The van der Waals surface area contributed by atoms with Crippen LogP contribution in [0.1, 0.15) is 31.2 Å². The van der Waals surface area contributed by atoms with Crippen LogP contribution in [0.15, 0.2) is 71.9 Å². The zero-order chi connectivity index (χ0) is 20.3. The van der Waals surface area contributed by atoms with Gasteiger partial charge in [-0.15, -0.1) is 0 Å². The maximum absolute atomic E-state index is 13.8. The van der Waals surface area contributed by atoms with Crippen molar-refractivity contribution in [3.8, 4) is 0 Å². The molecule has 1 saturated carbocycles. The van der Waals surface area contributed by atoms with Gasteiger partial charge in [-0.2, -0.15) is 4.31 Å². The molecule has 1 aliphatic carbocycles. The Balaban J connectivity index is 1.72. The highest BCUT2D eigenvalue weighted by Gasteiger charge is 2.34. The molecule has 0 saturated heterocycles. The third kappa shape index (κ3) is 4.34. The zero-order valence-electron chi connectivity index (χ0n) is 16.4. The third-order valence-electron chi connectivity index (χ3n) is 5.79. The number of hydrogen-bond donors (Lipinski definition) is 1. The fourth-order valence-corrected chi connectivity index (χ4v) is 6.17. The standard InChI is InChI=1S/C23H27N3O2S/c24-20-9-5-10-21(16-20)26(15-13-18-6-2-1-3-7-18)29(27,28)23-11-4-8-19-17-25-14-12-22(19)23/h1-4,6-8,11-12,14,17,20-21H,5,9-10,13,15-16,24H2. The Hall–Kier alpha value is -2.28. The molecular weight excluding hydrogens is 382 g/mol. The molecule has 0 amide bonds. The first-order chi connectivity index (χ1) is 14.1. The summed E-state index contributed by atoms with van der Waals surface area (Å²) in [4.78, 5) is 4.48. The minimum atomic E-state index is -3.67. The second kappa shape index (κ2) is 8.61. The van der Waals surface area contributed by atoms with Crippen LogP contribution in [0.5, 0.6) is 0 Å². The molecule has 152 valence electrons. The fourth-order valence-electron chi connectivity index (χ4n) is 4.29. The molecule has 1 fully saturated rings. The molecule has 2 atom stereocenters. The third-order valence-corrected chi connectivity index (χ3v) is 7.80. The van der Waals surface area contributed by atoms with Crippen molar-refractivity contribution in [3.05, 3.63) is 72.6 Å².